The van der Waals surface area contributed by atoms with Crippen molar-refractivity contribution in [1.82, 2.24) is 4.90 Å². The molecule has 2 rings (SSSR count). The van der Waals surface area contributed by atoms with Gasteiger partial charge in [0.25, 0.3) is 0 Å². The molecule has 2 unspecified atom stereocenters. The largest absolute Gasteiger partial charge is 0.393 e. The SMILES string of the molecule is CC(O)CCN(C)C(=O)C1CC(=O)N(c2ccc(Cl)c(F)c2)C1. The summed E-state index contributed by atoms with van der Waals surface area (Å²) in [6.07, 6.45) is 0.0981. The molecule has 1 saturated heterocycles. The molecule has 1 aliphatic rings. The predicted molar refractivity (Wildman–Crippen MR) is 85.8 cm³/mol. The van der Waals surface area contributed by atoms with Crippen molar-refractivity contribution in [3.63, 3.8) is 0 Å². The normalized spacial score (nSPS) is 19.1. The Hall–Kier alpha value is -1.66. The first-order valence-electron chi connectivity index (χ1n) is 7.48. The molecule has 23 heavy (non-hydrogen) atoms. The van der Waals surface area contributed by atoms with Gasteiger partial charge in [-0.3, -0.25) is 9.59 Å². The van der Waals surface area contributed by atoms with Gasteiger partial charge >= 0.3 is 0 Å². The molecule has 7 heteroatoms. The van der Waals surface area contributed by atoms with Crippen LogP contribution in [0.1, 0.15) is 19.8 Å². The lowest BCUT2D eigenvalue weighted by Crippen LogP contribution is -2.36. The third-order valence-electron chi connectivity index (χ3n) is 3.95. The highest BCUT2D eigenvalue weighted by Crippen LogP contribution is 2.28. The fraction of sp³-hybridized carbons (Fsp3) is 0.500. The number of rotatable bonds is 5. The summed E-state index contributed by atoms with van der Waals surface area (Å²) in [7, 11) is 1.65. The van der Waals surface area contributed by atoms with Gasteiger partial charge in [-0.2, -0.15) is 0 Å². The monoisotopic (exact) mass is 342 g/mol. The maximum Gasteiger partial charge on any atom is 0.227 e. The van der Waals surface area contributed by atoms with E-state index in [0.717, 1.165) is 0 Å². The van der Waals surface area contributed by atoms with Gasteiger partial charge in [-0.1, -0.05) is 11.6 Å². The number of nitrogens with zero attached hydrogens (tertiary/aromatic N) is 2. The van der Waals surface area contributed by atoms with E-state index < -0.39 is 17.8 Å². The minimum Gasteiger partial charge on any atom is -0.393 e. The van der Waals surface area contributed by atoms with Crippen LogP contribution in [0, 0.1) is 11.7 Å². The van der Waals surface area contributed by atoms with E-state index in [4.69, 9.17) is 11.6 Å². The molecule has 1 N–H and O–H groups in total. The smallest absolute Gasteiger partial charge is 0.227 e. The second-order valence-electron chi connectivity index (χ2n) is 5.90. The van der Waals surface area contributed by atoms with Gasteiger partial charge in [0.05, 0.1) is 17.0 Å². The van der Waals surface area contributed by atoms with Gasteiger partial charge in [-0.15, -0.1) is 0 Å². The Balaban J connectivity index is 2.04. The van der Waals surface area contributed by atoms with Crippen molar-refractivity contribution in [2.24, 2.45) is 5.92 Å². The highest BCUT2D eigenvalue weighted by atomic mass is 35.5. The minimum absolute atomic E-state index is 0.00845. The summed E-state index contributed by atoms with van der Waals surface area (Å²) < 4.78 is 13.6. The lowest BCUT2D eigenvalue weighted by Gasteiger charge is -2.22. The second-order valence-corrected chi connectivity index (χ2v) is 6.31. The van der Waals surface area contributed by atoms with Gasteiger partial charge in [-0.05, 0) is 31.5 Å². The first-order valence-corrected chi connectivity index (χ1v) is 7.86. The number of amides is 2. The Morgan fingerprint density at radius 2 is 2.26 bits per heavy atom. The maximum absolute atomic E-state index is 13.6. The van der Waals surface area contributed by atoms with Gasteiger partial charge in [0.1, 0.15) is 5.82 Å². The van der Waals surface area contributed by atoms with E-state index >= 15 is 0 Å². The molecule has 0 spiro atoms. The number of carbonyl (C=O) groups excluding carboxylic acids is 2. The molecule has 2 amide bonds. The summed E-state index contributed by atoms with van der Waals surface area (Å²) in [5.41, 5.74) is 0.402. The maximum atomic E-state index is 13.6. The van der Waals surface area contributed by atoms with Crippen LogP contribution in [0.15, 0.2) is 18.2 Å². The zero-order valence-corrected chi connectivity index (χ0v) is 13.9. The van der Waals surface area contributed by atoms with Crippen molar-refractivity contribution in [3.05, 3.63) is 29.0 Å². The van der Waals surface area contributed by atoms with Crippen LogP contribution < -0.4 is 4.90 Å². The molecule has 0 aliphatic carbocycles. The van der Waals surface area contributed by atoms with E-state index in [1.807, 2.05) is 0 Å². The summed E-state index contributed by atoms with van der Waals surface area (Å²) in [5.74, 6) is -1.41. The Morgan fingerprint density at radius 3 is 2.87 bits per heavy atom. The van der Waals surface area contributed by atoms with Gasteiger partial charge in [0.15, 0.2) is 0 Å². The van der Waals surface area contributed by atoms with Gasteiger partial charge in [0, 0.05) is 32.2 Å². The van der Waals surface area contributed by atoms with Crippen LogP contribution in [-0.2, 0) is 9.59 Å². The summed E-state index contributed by atoms with van der Waals surface area (Å²) in [5, 5.41) is 9.27. The van der Waals surface area contributed by atoms with Crippen molar-refractivity contribution >= 4 is 29.1 Å². The molecule has 1 aromatic carbocycles. The number of hydrogen-bond acceptors (Lipinski definition) is 3. The van der Waals surface area contributed by atoms with Crippen LogP contribution in [0.2, 0.25) is 5.02 Å². The lowest BCUT2D eigenvalue weighted by molar-refractivity contribution is -0.134. The lowest BCUT2D eigenvalue weighted by atomic mass is 10.1. The van der Waals surface area contributed by atoms with Gasteiger partial charge in [0.2, 0.25) is 11.8 Å². The highest BCUT2D eigenvalue weighted by molar-refractivity contribution is 6.30. The number of hydrogen-bond donors (Lipinski definition) is 1. The quantitative estimate of drug-likeness (QED) is 0.891. The summed E-state index contributed by atoms with van der Waals surface area (Å²) >= 11 is 5.65. The first kappa shape index (κ1) is 17.7. The van der Waals surface area contributed by atoms with Crippen LogP contribution in [-0.4, -0.2) is 48.1 Å². The van der Waals surface area contributed by atoms with Crippen LogP contribution >= 0.6 is 11.6 Å². The zero-order chi connectivity index (χ0) is 17.1. The molecule has 1 fully saturated rings. The average molecular weight is 343 g/mol. The molecule has 0 saturated carbocycles. The molecule has 5 nitrogen and oxygen atoms in total. The molecular formula is C16H20ClFN2O3. The van der Waals surface area contributed by atoms with E-state index in [1.165, 1.54) is 21.9 Å². The van der Waals surface area contributed by atoms with Crippen LogP contribution in [0.25, 0.3) is 0 Å². The average Bonchev–Trinajstić information content (AvgIpc) is 2.88. The van der Waals surface area contributed by atoms with Crippen molar-refractivity contribution in [2.75, 3.05) is 25.0 Å². The second kappa shape index (κ2) is 7.27. The number of halogens is 2. The van der Waals surface area contributed by atoms with E-state index in [2.05, 4.69) is 0 Å². The van der Waals surface area contributed by atoms with Crippen LogP contribution in [0.5, 0.6) is 0 Å². The summed E-state index contributed by atoms with van der Waals surface area (Å²) in [4.78, 5) is 27.4. The van der Waals surface area contributed by atoms with Crippen molar-refractivity contribution in [3.8, 4) is 0 Å². The number of anilines is 1. The Labute approximate surface area is 139 Å². The highest BCUT2D eigenvalue weighted by Gasteiger charge is 2.36. The third-order valence-corrected chi connectivity index (χ3v) is 4.25. The number of aliphatic hydroxyl groups is 1. The molecule has 126 valence electrons. The van der Waals surface area contributed by atoms with Crippen LogP contribution in [0.3, 0.4) is 0 Å². The standard InChI is InChI=1S/C16H20ClFN2O3/c1-10(21)5-6-19(2)16(23)11-7-15(22)20(9-11)12-3-4-13(17)14(18)8-12/h3-4,8,10-11,21H,5-7,9H2,1-2H3. The molecular weight excluding hydrogens is 323 g/mol. The number of carbonyl (C=O) groups is 2. The Morgan fingerprint density at radius 1 is 1.57 bits per heavy atom. The van der Waals surface area contributed by atoms with E-state index in [1.54, 1.807) is 20.0 Å². The fourth-order valence-corrected chi connectivity index (χ4v) is 2.70. The summed E-state index contributed by atoms with van der Waals surface area (Å²) in [6, 6.07) is 4.15. The topological polar surface area (TPSA) is 60.9 Å². The molecule has 1 aromatic rings. The minimum atomic E-state index is -0.596. The van der Waals surface area contributed by atoms with Crippen molar-refractivity contribution < 1.29 is 19.1 Å². The molecule has 0 aromatic heterocycles. The molecule has 0 bridgehead atoms. The van der Waals surface area contributed by atoms with Crippen molar-refractivity contribution in [1.29, 1.82) is 0 Å². The van der Waals surface area contributed by atoms with Crippen molar-refractivity contribution in [2.45, 2.75) is 25.9 Å². The van der Waals surface area contributed by atoms with E-state index in [0.29, 0.717) is 18.7 Å². The van der Waals surface area contributed by atoms with E-state index in [-0.39, 0.29) is 29.8 Å². The number of aliphatic hydroxyl groups excluding tert-OH is 1. The molecule has 0 radical (unpaired) electrons. The number of benzene rings is 1. The Kier molecular flexibility index (Phi) is 5.59. The molecule has 1 aliphatic heterocycles. The molecule has 2 atom stereocenters. The summed E-state index contributed by atoms with van der Waals surface area (Å²) in [6.45, 7) is 2.31. The molecule has 1 heterocycles. The van der Waals surface area contributed by atoms with E-state index in [9.17, 15) is 19.1 Å². The first-order chi connectivity index (χ1) is 10.8. The van der Waals surface area contributed by atoms with Gasteiger partial charge < -0.3 is 14.9 Å². The third kappa shape index (κ3) is 4.20. The fourth-order valence-electron chi connectivity index (χ4n) is 2.58. The van der Waals surface area contributed by atoms with Crippen LogP contribution in [0.4, 0.5) is 10.1 Å². The predicted octanol–water partition coefficient (Wildman–Crippen LogP) is 2.06. The Bertz CT molecular complexity index is 609. The van der Waals surface area contributed by atoms with Gasteiger partial charge in [-0.25, -0.2) is 4.39 Å². The zero-order valence-electron chi connectivity index (χ0n) is 13.1.